The van der Waals surface area contributed by atoms with Crippen LogP contribution in [-0.4, -0.2) is 47.0 Å². The first-order chi connectivity index (χ1) is 14.4. The number of aromatic nitrogens is 2. The minimum Gasteiger partial charge on any atom is -0.404 e. The van der Waals surface area contributed by atoms with Crippen molar-refractivity contribution in [1.82, 2.24) is 9.97 Å². The molecule has 0 atom stereocenters. The summed E-state index contributed by atoms with van der Waals surface area (Å²) in [6.45, 7) is 5.48. The molecule has 0 amide bonds. The average molecular weight is 432 g/mol. The normalized spacial score (nSPS) is 13.8. The molecule has 1 aliphatic rings. The van der Waals surface area contributed by atoms with Gasteiger partial charge in [0.05, 0.1) is 11.4 Å². The summed E-state index contributed by atoms with van der Waals surface area (Å²) in [5.41, 5.74) is 12.7. The summed E-state index contributed by atoms with van der Waals surface area (Å²) in [5, 5.41) is 14.9. The number of rotatable bonds is 5. The van der Waals surface area contributed by atoms with Crippen LogP contribution in [0.15, 0.2) is 31.0 Å². The van der Waals surface area contributed by atoms with Crippen molar-refractivity contribution >= 4 is 47.3 Å². The van der Waals surface area contributed by atoms with Crippen molar-refractivity contribution in [3.8, 4) is 0 Å². The molecular weight excluding hydrogens is 408 g/mol. The Morgan fingerprint density at radius 1 is 1.17 bits per heavy atom. The van der Waals surface area contributed by atoms with Gasteiger partial charge in [0, 0.05) is 54.9 Å². The van der Waals surface area contributed by atoms with Gasteiger partial charge in [-0.25, -0.2) is 18.7 Å². The van der Waals surface area contributed by atoms with Crippen LogP contribution in [0.1, 0.15) is 17.1 Å². The topological polar surface area (TPSA) is 129 Å². The molecule has 0 bridgehead atoms. The summed E-state index contributed by atoms with van der Waals surface area (Å²) in [6, 6.07) is 3.04. The lowest BCUT2D eigenvalue weighted by atomic mass is 10.1. The van der Waals surface area contributed by atoms with Crippen LogP contribution in [0.25, 0.3) is 11.6 Å². The van der Waals surface area contributed by atoms with Crippen molar-refractivity contribution in [3.63, 3.8) is 0 Å². The van der Waals surface area contributed by atoms with Crippen molar-refractivity contribution in [3.05, 3.63) is 59.7 Å². The molecule has 1 aromatic carbocycles. The van der Waals surface area contributed by atoms with Crippen molar-refractivity contribution < 1.29 is 8.78 Å². The van der Waals surface area contributed by atoms with E-state index in [1.807, 2.05) is 11.8 Å². The van der Waals surface area contributed by atoms with Crippen LogP contribution in [0, 0.1) is 22.5 Å². The number of hydrogen-bond donors (Lipinski definition) is 4. The maximum absolute atomic E-state index is 12.2. The highest BCUT2D eigenvalue weighted by molar-refractivity contribution is 7.99. The van der Waals surface area contributed by atoms with Crippen LogP contribution in [0.5, 0.6) is 0 Å². The zero-order chi connectivity index (χ0) is 22.1. The Morgan fingerprint density at radius 2 is 1.87 bits per heavy atom. The molecule has 1 fully saturated rings. The van der Waals surface area contributed by atoms with Gasteiger partial charge in [0.2, 0.25) is 0 Å². The summed E-state index contributed by atoms with van der Waals surface area (Å²) in [4.78, 5) is 11.2. The van der Waals surface area contributed by atoms with E-state index in [1.54, 1.807) is 6.08 Å². The van der Waals surface area contributed by atoms with E-state index in [1.165, 1.54) is 12.3 Å². The number of nitrogens with zero attached hydrogens (tertiary/aromatic N) is 3. The maximum Gasteiger partial charge on any atom is 0.156 e. The predicted molar refractivity (Wildman–Crippen MR) is 121 cm³/mol. The van der Waals surface area contributed by atoms with E-state index >= 15 is 0 Å². The third-order valence-electron chi connectivity index (χ3n) is 4.14. The van der Waals surface area contributed by atoms with Gasteiger partial charge >= 0.3 is 0 Å². The molecule has 158 valence electrons. The molecule has 2 aromatic rings. The molecule has 1 saturated heterocycles. The summed E-state index contributed by atoms with van der Waals surface area (Å²) in [7, 11) is 0. The molecule has 3 rings (SSSR count). The minimum absolute atomic E-state index is 0.0311. The number of halogens is 2. The van der Waals surface area contributed by atoms with E-state index in [9.17, 15) is 8.78 Å². The van der Waals surface area contributed by atoms with Gasteiger partial charge in [0.15, 0.2) is 5.82 Å². The van der Waals surface area contributed by atoms with Gasteiger partial charge in [0.1, 0.15) is 23.0 Å². The van der Waals surface area contributed by atoms with Crippen molar-refractivity contribution in [2.45, 2.75) is 0 Å². The van der Waals surface area contributed by atoms with Crippen LogP contribution >= 0.6 is 11.8 Å². The first kappa shape index (κ1) is 23.0. The Bertz CT molecular complexity index is 956. The van der Waals surface area contributed by atoms with Crippen molar-refractivity contribution in [2.24, 2.45) is 5.73 Å². The van der Waals surface area contributed by atoms with Gasteiger partial charge in [-0.2, -0.15) is 11.8 Å². The van der Waals surface area contributed by atoms with Crippen molar-refractivity contribution in [1.29, 1.82) is 10.8 Å². The molecule has 2 heterocycles. The number of thioether (sulfide) groups is 1. The summed E-state index contributed by atoms with van der Waals surface area (Å²) >= 11 is 1.91. The van der Waals surface area contributed by atoms with Gasteiger partial charge in [-0.3, -0.25) is 0 Å². The van der Waals surface area contributed by atoms with Crippen LogP contribution < -0.4 is 16.4 Å². The summed E-state index contributed by atoms with van der Waals surface area (Å²) in [5.74, 6) is 1.44. The molecular formula is C20H23F2N7S. The molecule has 0 spiro atoms. The number of hydrogen-bond acceptors (Lipinski definition) is 8. The first-order valence-corrected chi connectivity index (χ1v) is 10.1. The molecule has 1 aliphatic heterocycles. The van der Waals surface area contributed by atoms with E-state index in [2.05, 4.69) is 21.4 Å². The molecule has 30 heavy (non-hydrogen) atoms. The Labute approximate surface area is 177 Å². The SMILES string of the molecule is C=Cc1nc(N2CCSCC2)c(/C(C=N)=C/N)nc1C=N.Nc1ccc(F)cc1F. The van der Waals surface area contributed by atoms with Gasteiger partial charge in [-0.15, -0.1) is 0 Å². The van der Waals surface area contributed by atoms with Crippen LogP contribution in [0.2, 0.25) is 0 Å². The van der Waals surface area contributed by atoms with Crippen LogP contribution in [0.4, 0.5) is 20.3 Å². The molecule has 1 aromatic heterocycles. The second-order valence-corrected chi connectivity index (χ2v) is 7.27. The quantitative estimate of drug-likeness (QED) is 0.425. The molecule has 0 saturated carbocycles. The molecule has 10 heteroatoms. The van der Waals surface area contributed by atoms with E-state index in [-0.39, 0.29) is 5.69 Å². The fraction of sp³-hybridized carbons (Fsp3) is 0.200. The van der Waals surface area contributed by atoms with E-state index in [0.717, 1.165) is 49.2 Å². The Kier molecular flexibility index (Phi) is 8.48. The predicted octanol–water partition coefficient (Wildman–Crippen LogP) is 3.17. The van der Waals surface area contributed by atoms with E-state index in [0.29, 0.717) is 28.5 Å². The summed E-state index contributed by atoms with van der Waals surface area (Å²) in [6.07, 6.45) is 5.24. The monoisotopic (exact) mass is 431 g/mol. The number of benzene rings is 1. The highest BCUT2D eigenvalue weighted by atomic mass is 32.2. The lowest BCUT2D eigenvalue weighted by molar-refractivity contribution is 0.586. The Balaban J connectivity index is 0.000000297. The second-order valence-electron chi connectivity index (χ2n) is 6.05. The minimum atomic E-state index is -0.713. The standard InChI is InChI=1S/C14H18N6S.C6H5F2N/c1-2-11-12(9-17)18-13(10(7-15)8-16)14(19-11)20-3-5-21-6-4-20;7-4-1-2-6(9)5(8)3-4/h2,7-9,15,17H,1,3-6,16H2;1-3H,9H2/b10-8+,15-7?,17-9?;. The van der Waals surface area contributed by atoms with Gasteiger partial charge in [-0.1, -0.05) is 6.58 Å². The molecule has 0 aliphatic carbocycles. The van der Waals surface area contributed by atoms with Gasteiger partial charge < -0.3 is 27.2 Å². The third kappa shape index (κ3) is 5.63. The number of nitrogens with two attached hydrogens (primary N) is 2. The molecule has 7 nitrogen and oxygen atoms in total. The second kappa shape index (κ2) is 11.1. The zero-order valence-electron chi connectivity index (χ0n) is 16.2. The third-order valence-corrected chi connectivity index (χ3v) is 5.09. The average Bonchev–Trinajstić information content (AvgIpc) is 2.78. The van der Waals surface area contributed by atoms with Gasteiger partial charge in [-0.05, 0) is 18.2 Å². The van der Waals surface area contributed by atoms with Crippen LogP contribution in [0.3, 0.4) is 0 Å². The largest absolute Gasteiger partial charge is 0.404 e. The Morgan fingerprint density at radius 3 is 2.37 bits per heavy atom. The lowest BCUT2D eigenvalue weighted by Crippen LogP contribution is -2.34. The molecule has 6 N–H and O–H groups in total. The fourth-order valence-electron chi connectivity index (χ4n) is 2.59. The maximum atomic E-state index is 12.2. The number of nitrogens with one attached hydrogen (secondary N) is 2. The van der Waals surface area contributed by atoms with Crippen LogP contribution in [-0.2, 0) is 0 Å². The van der Waals surface area contributed by atoms with E-state index in [4.69, 9.17) is 22.3 Å². The highest BCUT2D eigenvalue weighted by Gasteiger charge is 2.21. The zero-order valence-corrected chi connectivity index (χ0v) is 17.1. The van der Waals surface area contributed by atoms with Gasteiger partial charge in [0.25, 0.3) is 0 Å². The first-order valence-electron chi connectivity index (χ1n) is 8.96. The number of anilines is 2. The number of nitrogen functional groups attached to an aromatic ring is 1. The Hall–Kier alpha value is -3.27. The van der Waals surface area contributed by atoms with Crippen molar-refractivity contribution in [2.75, 3.05) is 35.2 Å². The lowest BCUT2D eigenvalue weighted by Gasteiger charge is -2.29. The molecule has 0 unspecified atom stereocenters. The smallest absolute Gasteiger partial charge is 0.156 e. The molecule has 0 radical (unpaired) electrons. The van der Waals surface area contributed by atoms with E-state index < -0.39 is 11.6 Å². The highest BCUT2D eigenvalue weighted by Crippen LogP contribution is 2.26. The summed E-state index contributed by atoms with van der Waals surface area (Å²) < 4.78 is 24.3. The fourth-order valence-corrected chi connectivity index (χ4v) is 3.50. The number of allylic oxidation sites excluding steroid dienone is 1.